The first-order chi connectivity index (χ1) is 6.26. The molecule has 0 heterocycles. The quantitative estimate of drug-likeness (QED) is 0.699. The molecule has 0 amide bonds. The van der Waals surface area contributed by atoms with Gasteiger partial charge in [0.2, 0.25) is 0 Å². The van der Waals surface area contributed by atoms with Crippen molar-refractivity contribution in [3.05, 3.63) is 0 Å². The summed E-state index contributed by atoms with van der Waals surface area (Å²) in [6.07, 6.45) is 8.49. The van der Waals surface area contributed by atoms with Crippen LogP contribution in [-0.2, 0) is 0 Å². The molecule has 0 radical (unpaired) electrons. The zero-order valence-electron chi connectivity index (χ0n) is 8.55. The third-order valence-electron chi connectivity index (χ3n) is 3.96. The van der Waals surface area contributed by atoms with E-state index in [0.29, 0.717) is 11.6 Å². The maximum Gasteiger partial charge on any atom is 0.0693 e. The molecule has 0 aliphatic heterocycles. The van der Waals surface area contributed by atoms with Crippen LogP contribution in [0.5, 0.6) is 0 Å². The van der Waals surface area contributed by atoms with Crippen molar-refractivity contribution in [3.8, 4) is 0 Å². The molecule has 0 aromatic rings. The van der Waals surface area contributed by atoms with E-state index in [9.17, 15) is 5.11 Å². The predicted octanol–water partition coefficient (Wildman–Crippen LogP) is 1.82. The Morgan fingerprint density at radius 1 is 1.31 bits per heavy atom. The lowest BCUT2D eigenvalue weighted by atomic mass is 9.74. The van der Waals surface area contributed by atoms with Crippen molar-refractivity contribution in [1.82, 2.24) is 5.32 Å². The molecule has 2 saturated carbocycles. The van der Waals surface area contributed by atoms with Crippen LogP contribution in [-0.4, -0.2) is 22.8 Å². The van der Waals surface area contributed by atoms with Crippen molar-refractivity contribution in [2.45, 2.75) is 69.6 Å². The first kappa shape index (κ1) is 9.47. The van der Waals surface area contributed by atoms with E-state index in [1.807, 2.05) is 0 Å². The lowest BCUT2D eigenvalue weighted by Gasteiger charge is -2.45. The van der Waals surface area contributed by atoms with Crippen LogP contribution in [0.1, 0.15) is 51.9 Å². The molecular formula is C11H21NO. The molecule has 2 atom stereocenters. The molecule has 2 aliphatic rings. The second-order valence-corrected chi connectivity index (χ2v) is 4.74. The predicted molar refractivity (Wildman–Crippen MR) is 53.7 cm³/mol. The van der Waals surface area contributed by atoms with Gasteiger partial charge in [-0.2, -0.15) is 0 Å². The fourth-order valence-corrected chi connectivity index (χ4v) is 2.71. The maximum atomic E-state index is 9.70. The van der Waals surface area contributed by atoms with Crippen LogP contribution < -0.4 is 5.32 Å². The lowest BCUT2D eigenvalue weighted by Crippen LogP contribution is -2.56. The summed E-state index contributed by atoms with van der Waals surface area (Å²) in [4.78, 5) is 0. The molecule has 76 valence electrons. The van der Waals surface area contributed by atoms with Gasteiger partial charge in [-0.15, -0.1) is 0 Å². The SMILES string of the molecule is CCC1(N[C@@H]2CCC[C@H]2O)CCC1. The lowest BCUT2D eigenvalue weighted by molar-refractivity contribution is 0.0917. The molecule has 0 aromatic heterocycles. The van der Waals surface area contributed by atoms with E-state index in [1.54, 1.807) is 0 Å². The monoisotopic (exact) mass is 183 g/mol. The van der Waals surface area contributed by atoms with E-state index in [2.05, 4.69) is 12.2 Å². The Balaban J connectivity index is 1.88. The van der Waals surface area contributed by atoms with Crippen LogP contribution in [0.15, 0.2) is 0 Å². The number of hydrogen-bond donors (Lipinski definition) is 2. The highest BCUT2D eigenvalue weighted by molar-refractivity contribution is 4.99. The number of aliphatic hydroxyl groups is 1. The highest BCUT2D eigenvalue weighted by Gasteiger charge is 2.39. The van der Waals surface area contributed by atoms with Crippen molar-refractivity contribution < 1.29 is 5.11 Å². The summed E-state index contributed by atoms with van der Waals surface area (Å²) in [5.74, 6) is 0. The molecule has 0 bridgehead atoms. The van der Waals surface area contributed by atoms with Gasteiger partial charge in [0.1, 0.15) is 0 Å². The summed E-state index contributed by atoms with van der Waals surface area (Å²) >= 11 is 0. The molecule has 2 fully saturated rings. The highest BCUT2D eigenvalue weighted by Crippen LogP contribution is 2.36. The standard InChI is InChI=1S/C11H21NO/c1-2-11(7-4-8-11)12-9-5-3-6-10(9)13/h9-10,12-13H,2-8H2,1H3/t9-,10-/m1/s1. The van der Waals surface area contributed by atoms with Crippen molar-refractivity contribution >= 4 is 0 Å². The van der Waals surface area contributed by atoms with E-state index in [4.69, 9.17) is 0 Å². The first-order valence-electron chi connectivity index (χ1n) is 5.71. The Bertz CT molecular complexity index is 171. The molecule has 0 aromatic carbocycles. The van der Waals surface area contributed by atoms with Crippen LogP contribution in [0.3, 0.4) is 0 Å². The minimum atomic E-state index is -0.0796. The van der Waals surface area contributed by atoms with Gasteiger partial charge >= 0.3 is 0 Å². The molecular weight excluding hydrogens is 162 g/mol. The van der Waals surface area contributed by atoms with E-state index in [1.165, 1.54) is 38.5 Å². The summed E-state index contributed by atoms with van der Waals surface area (Å²) in [7, 11) is 0. The normalized spacial score (nSPS) is 37.4. The molecule has 2 nitrogen and oxygen atoms in total. The molecule has 2 heteroatoms. The second kappa shape index (κ2) is 3.58. The Labute approximate surface area is 80.7 Å². The Kier molecular flexibility index (Phi) is 2.61. The average Bonchev–Trinajstić information content (AvgIpc) is 2.44. The molecule has 2 rings (SSSR count). The molecule has 2 aliphatic carbocycles. The second-order valence-electron chi connectivity index (χ2n) is 4.74. The molecule has 13 heavy (non-hydrogen) atoms. The third kappa shape index (κ3) is 1.75. The summed E-state index contributed by atoms with van der Waals surface area (Å²) in [6.45, 7) is 2.26. The van der Waals surface area contributed by atoms with Crippen LogP contribution in [0.2, 0.25) is 0 Å². The minimum Gasteiger partial charge on any atom is -0.392 e. The topological polar surface area (TPSA) is 32.3 Å². The number of aliphatic hydroxyl groups excluding tert-OH is 1. The summed E-state index contributed by atoms with van der Waals surface area (Å²) in [6, 6.07) is 0.389. The fraction of sp³-hybridized carbons (Fsp3) is 1.00. The van der Waals surface area contributed by atoms with E-state index >= 15 is 0 Å². The molecule has 2 N–H and O–H groups in total. The van der Waals surface area contributed by atoms with E-state index < -0.39 is 0 Å². The highest BCUT2D eigenvalue weighted by atomic mass is 16.3. The van der Waals surface area contributed by atoms with Gasteiger partial charge < -0.3 is 10.4 Å². The number of rotatable bonds is 3. The Morgan fingerprint density at radius 3 is 2.46 bits per heavy atom. The zero-order chi connectivity index (χ0) is 9.31. The van der Waals surface area contributed by atoms with Crippen LogP contribution in [0.25, 0.3) is 0 Å². The van der Waals surface area contributed by atoms with Gasteiger partial charge in [-0.05, 0) is 44.9 Å². The smallest absolute Gasteiger partial charge is 0.0693 e. The van der Waals surface area contributed by atoms with Gasteiger partial charge in [0.15, 0.2) is 0 Å². The molecule has 0 unspecified atom stereocenters. The van der Waals surface area contributed by atoms with E-state index in [0.717, 1.165) is 6.42 Å². The van der Waals surface area contributed by atoms with Crippen molar-refractivity contribution in [2.24, 2.45) is 0 Å². The Morgan fingerprint density at radius 2 is 2.08 bits per heavy atom. The van der Waals surface area contributed by atoms with Crippen molar-refractivity contribution in [3.63, 3.8) is 0 Å². The van der Waals surface area contributed by atoms with Crippen molar-refractivity contribution in [1.29, 1.82) is 0 Å². The van der Waals surface area contributed by atoms with Crippen LogP contribution in [0.4, 0.5) is 0 Å². The average molecular weight is 183 g/mol. The van der Waals surface area contributed by atoms with Crippen LogP contribution >= 0.6 is 0 Å². The number of hydrogen-bond acceptors (Lipinski definition) is 2. The van der Waals surface area contributed by atoms with Gasteiger partial charge in [-0.3, -0.25) is 0 Å². The Hall–Kier alpha value is -0.0800. The van der Waals surface area contributed by atoms with Gasteiger partial charge in [-0.25, -0.2) is 0 Å². The maximum absolute atomic E-state index is 9.70. The summed E-state index contributed by atoms with van der Waals surface area (Å²) in [5.41, 5.74) is 0.399. The van der Waals surface area contributed by atoms with Crippen LogP contribution in [0, 0.1) is 0 Å². The molecule has 0 spiro atoms. The van der Waals surface area contributed by atoms with Gasteiger partial charge in [0.25, 0.3) is 0 Å². The summed E-state index contributed by atoms with van der Waals surface area (Å²) < 4.78 is 0. The number of nitrogens with one attached hydrogen (secondary N) is 1. The fourth-order valence-electron chi connectivity index (χ4n) is 2.71. The summed E-state index contributed by atoms with van der Waals surface area (Å²) in [5, 5.41) is 13.4. The minimum absolute atomic E-state index is 0.0796. The zero-order valence-corrected chi connectivity index (χ0v) is 8.55. The first-order valence-corrected chi connectivity index (χ1v) is 5.71. The van der Waals surface area contributed by atoms with Gasteiger partial charge in [-0.1, -0.05) is 6.92 Å². The van der Waals surface area contributed by atoms with Gasteiger partial charge in [0, 0.05) is 11.6 Å². The van der Waals surface area contributed by atoms with Crippen molar-refractivity contribution in [2.75, 3.05) is 0 Å². The molecule has 0 saturated heterocycles. The largest absolute Gasteiger partial charge is 0.392 e. The van der Waals surface area contributed by atoms with E-state index in [-0.39, 0.29) is 6.10 Å². The van der Waals surface area contributed by atoms with Gasteiger partial charge in [0.05, 0.1) is 6.10 Å². The third-order valence-corrected chi connectivity index (χ3v) is 3.96.